The molecule has 2 aliphatic heterocycles. The molecular weight excluding hydrogens is 334 g/mol. The maximum Gasteiger partial charge on any atom is 0.234 e. The second-order valence-corrected chi connectivity index (χ2v) is 7.46. The average molecular weight is 359 g/mol. The Morgan fingerprint density at radius 3 is 3.04 bits per heavy atom. The maximum absolute atomic E-state index is 12.6. The van der Waals surface area contributed by atoms with Crippen molar-refractivity contribution in [3.63, 3.8) is 0 Å². The molecule has 1 atom stereocenters. The van der Waals surface area contributed by atoms with Crippen molar-refractivity contribution >= 4 is 11.8 Å². The molecule has 26 heavy (non-hydrogen) atoms. The van der Waals surface area contributed by atoms with Gasteiger partial charge in [-0.05, 0) is 42.0 Å². The van der Waals surface area contributed by atoms with Gasteiger partial charge in [0.25, 0.3) is 0 Å². The summed E-state index contributed by atoms with van der Waals surface area (Å²) >= 11 is 0. The molecule has 2 fully saturated rings. The minimum Gasteiger partial charge on any atom is -0.493 e. The fourth-order valence-electron chi connectivity index (χ4n) is 4.02. The van der Waals surface area contributed by atoms with Crippen molar-refractivity contribution in [3.8, 4) is 5.75 Å². The van der Waals surface area contributed by atoms with E-state index in [4.69, 9.17) is 4.74 Å². The van der Waals surface area contributed by atoms with E-state index >= 15 is 0 Å². The summed E-state index contributed by atoms with van der Waals surface area (Å²) in [5.74, 6) is 1.04. The molecule has 1 aliphatic carbocycles. The Morgan fingerprint density at radius 1 is 1.42 bits per heavy atom. The zero-order valence-electron chi connectivity index (χ0n) is 14.7. The van der Waals surface area contributed by atoms with Crippen LogP contribution in [-0.4, -0.2) is 60.7 Å². The number of nitrogens with one attached hydrogen (secondary N) is 2. The molecule has 1 saturated carbocycles. The summed E-state index contributed by atoms with van der Waals surface area (Å²) in [5.41, 5.74) is 2.24. The van der Waals surface area contributed by atoms with Gasteiger partial charge >= 0.3 is 0 Å². The molecule has 0 unspecified atom stereocenters. The van der Waals surface area contributed by atoms with Crippen LogP contribution in [0.5, 0.6) is 5.75 Å². The summed E-state index contributed by atoms with van der Waals surface area (Å²) in [6.45, 7) is 2.44. The van der Waals surface area contributed by atoms with Crippen LogP contribution in [0.3, 0.4) is 0 Å². The van der Waals surface area contributed by atoms with Crippen LogP contribution in [0.15, 0.2) is 18.2 Å². The molecule has 1 aromatic rings. The summed E-state index contributed by atoms with van der Waals surface area (Å²) < 4.78 is 5.57. The SMILES string of the molecule is O=C1CN(CC(=O)N[C@H](c2ccc3c(c2)CCO3)C2CC(O)C2)CCN1. The Morgan fingerprint density at radius 2 is 2.27 bits per heavy atom. The Kier molecular flexibility index (Phi) is 4.82. The number of hydrogen-bond acceptors (Lipinski definition) is 5. The molecule has 140 valence electrons. The van der Waals surface area contributed by atoms with E-state index in [1.165, 1.54) is 5.56 Å². The van der Waals surface area contributed by atoms with Crippen molar-refractivity contribution in [2.75, 3.05) is 32.8 Å². The van der Waals surface area contributed by atoms with Gasteiger partial charge in [-0.25, -0.2) is 0 Å². The van der Waals surface area contributed by atoms with Gasteiger partial charge in [-0.2, -0.15) is 0 Å². The van der Waals surface area contributed by atoms with Crippen LogP contribution in [0.1, 0.15) is 30.0 Å². The third-order valence-electron chi connectivity index (χ3n) is 5.49. The number of fused-ring (bicyclic) bond motifs is 1. The molecule has 0 radical (unpaired) electrons. The lowest BCUT2D eigenvalue weighted by molar-refractivity contribution is -0.127. The first-order valence-electron chi connectivity index (χ1n) is 9.30. The third kappa shape index (κ3) is 3.68. The fraction of sp³-hybridized carbons (Fsp3) is 0.579. The Labute approximate surface area is 152 Å². The first kappa shape index (κ1) is 17.3. The molecular formula is C19H25N3O4. The van der Waals surface area contributed by atoms with E-state index < -0.39 is 0 Å². The molecule has 0 spiro atoms. The van der Waals surface area contributed by atoms with Gasteiger partial charge in [0.05, 0.1) is 31.8 Å². The number of amides is 2. The average Bonchev–Trinajstić information content (AvgIpc) is 3.05. The van der Waals surface area contributed by atoms with E-state index in [1.807, 2.05) is 17.0 Å². The lowest BCUT2D eigenvalue weighted by atomic mass is 9.75. The Hall–Kier alpha value is -2.12. The quantitative estimate of drug-likeness (QED) is 0.687. The summed E-state index contributed by atoms with van der Waals surface area (Å²) in [6.07, 6.45) is 2.01. The highest BCUT2D eigenvalue weighted by Gasteiger charge is 2.36. The predicted octanol–water partition coefficient (Wildman–Crippen LogP) is -0.0185. The lowest BCUT2D eigenvalue weighted by Gasteiger charge is -2.38. The van der Waals surface area contributed by atoms with Gasteiger partial charge in [0.1, 0.15) is 5.75 Å². The van der Waals surface area contributed by atoms with E-state index in [2.05, 4.69) is 16.7 Å². The number of carbonyl (C=O) groups is 2. The van der Waals surface area contributed by atoms with Gasteiger partial charge in [0.2, 0.25) is 11.8 Å². The zero-order valence-corrected chi connectivity index (χ0v) is 14.7. The molecule has 2 amide bonds. The van der Waals surface area contributed by atoms with Crippen molar-refractivity contribution in [3.05, 3.63) is 29.3 Å². The number of ether oxygens (including phenoxy) is 1. The molecule has 0 bridgehead atoms. The highest BCUT2D eigenvalue weighted by Crippen LogP contribution is 2.39. The van der Waals surface area contributed by atoms with Crippen molar-refractivity contribution in [2.24, 2.45) is 5.92 Å². The van der Waals surface area contributed by atoms with Crippen LogP contribution < -0.4 is 15.4 Å². The minimum atomic E-state index is -0.275. The zero-order chi connectivity index (χ0) is 18.1. The van der Waals surface area contributed by atoms with Crippen molar-refractivity contribution in [2.45, 2.75) is 31.4 Å². The Bertz CT molecular complexity index is 702. The second kappa shape index (κ2) is 7.25. The van der Waals surface area contributed by atoms with Crippen molar-refractivity contribution in [1.29, 1.82) is 0 Å². The normalized spacial score (nSPS) is 26.3. The van der Waals surface area contributed by atoms with Crippen LogP contribution in [-0.2, 0) is 16.0 Å². The molecule has 2 heterocycles. The van der Waals surface area contributed by atoms with E-state index in [0.29, 0.717) is 32.5 Å². The highest BCUT2D eigenvalue weighted by atomic mass is 16.5. The number of aliphatic hydroxyl groups excluding tert-OH is 1. The minimum absolute atomic E-state index is 0.0404. The van der Waals surface area contributed by atoms with Crippen LogP contribution in [0.4, 0.5) is 0 Å². The number of hydrogen-bond donors (Lipinski definition) is 3. The summed E-state index contributed by atoms with van der Waals surface area (Å²) in [4.78, 5) is 25.9. The van der Waals surface area contributed by atoms with E-state index in [-0.39, 0.29) is 43.0 Å². The van der Waals surface area contributed by atoms with Crippen LogP contribution in [0.2, 0.25) is 0 Å². The topological polar surface area (TPSA) is 90.9 Å². The molecule has 4 rings (SSSR count). The number of aliphatic hydroxyl groups is 1. The van der Waals surface area contributed by atoms with Crippen LogP contribution >= 0.6 is 0 Å². The van der Waals surface area contributed by atoms with Gasteiger partial charge in [-0.3, -0.25) is 14.5 Å². The number of nitrogens with zero attached hydrogens (tertiary/aromatic N) is 1. The van der Waals surface area contributed by atoms with Gasteiger partial charge in [0.15, 0.2) is 0 Å². The molecule has 1 aromatic carbocycles. The molecule has 1 saturated heterocycles. The largest absolute Gasteiger partial charge is 0.493 e. The number of benzene rings is 1. The molecule has 3 N–H and O–H groups in total. The highest BCUT2D eigenvalue weighted by molar-refractivity contribution is 5.82. The van der Waals surface area contributed by atoms with Crippen molar-refractivity contribution in [1.82, 2.24) is 15.5 Å². The monoisotopic (exact) mass is 359 g/mol. The van der Waals surface area contributed by atoms with Crippen LogP contribution in [0.25, 0.3) is 0 Å². The van der Waals surface area contributed by atoms with E-state index in [9.17, 15) is 14.7 Å². The predicted molar refractivity (Wildman–Crippen MR) is 94.7 cm³/mol. The number of piperazine rings is 1. The van der Waals surface area contributed by atoms with Crippen molar-refractivity contribution < 1.29 is 19.4 Å². The standard InChI is InChI=1S/C19H25N3O4/c23-15-8-14(9-15)19(13-1-2-16-12(7-13)3-6-26-16)21-18(25)11-22-5-4-20-17(24)10-22/h1-2,7,14-15,19,23H,3-6,8-11H2,(H,20,24)(H,21,25)/t14?,15?,19-/m1/s1. The van der Waals surface area contributed by atoms with Gasteiger partial charge in [-0.1, -0.05) is 6.07 Å². The summed E-state index contributed by atoms with van der Waals surface area (Å²) in [7, 11) is 0. The first-order chi connectivity index (χ1) is 12.6. The third-order valence-corrected chi connectivity index (χ3v) is 5.49. The maximum atomic E-state index is 12.6. The molecule has 7 nitrogen and oxygen atoms in total. The van der Waals surface area contributed by atoms with E-state index in [1.54, 1.807) is 0 Å². The summed E-state index contributed by atoms with van der Waals surface area (Å²) in [6, 6.07) is 5.98. The van der Waals surface area contributed by atoms with Gasteiger partial charge in [-0.15, -0.1) is 0 Å². The number of rotatable bonds is 5. The molecule has 0 aromatic heterocycles. The van der Waals surface area contributed by atoms with Gasteiger partial charge in [0, 0.05) is 19.5 Å². The summed E-state index contributed by atoms with van der Waals surface area (Å²) in [5, 5.41) is 15.6. The Balaban J connectivity index is 1.45. The fourth-order valence-corrected chi connectivity index (χ4v) is 4.02. The van der Waals surface area contributed by atoms with E-state index in [0.717, 1.165) is 17.7 Å². The first-order valence-corrected chi connectivity index (χ1v) is 9.30. The smallest absolute Gasteiger partial charge is 0.234 e. The van der Waals surface area contributed by atoms with Crippen LogP contribution in [0, 0.1) is 5.92 Å². The molecule has 7 heteroatoms. The molecule has 3 aliphatic rings. The van der Waals surface area contributed by atoms with Gasteiger partial charge < -0.3 is 20.5 Å². The lowest BCUT2D eigenvalue weighted by Crippen LogP contribution is -2.51. The number of carbonyl (C=O) groups excluding carboxylic acids is 2. The second-order valence-electron chi connectivity index (χ2n) is 7.46.